The smallest absolute Gasteiger partial charge is 0.218 e. The highest BCUT2D eigenvalue weighted by molar-refractivity contribution is 7.88. The number of sulfonamides is 1. The summed E-state index contributed by atoms with van der Waals surface area (Å²) in [4.78, 5) is 4.42. The number of anilines is 2. The molecule has 1 aromatic carbocycles. The first-order chi connectivity index (χ1) is 14.4. The van der Waals surface area contributed by atoms with E-state index in [0.29, 0.717) is 42.8 Å². The monoisotopic (exact) mass is 449 g/mol. The summed E-state index contributed by atoms with van der Waals surface area (Å²) < 4.78 is 27.1. The van der Waals surface area contributed by atoms with E-state index in [-0.39, 0.29) is 5.75 Å². The molecule has 7 nitrogen and oxygen atoms in total. The van der Waals surface area contributed by atoms with Gasteiger partial charge in [0.1, 0.15) is 0 Å². The molecule has 0 saturated carbocycles. The fraction of sp³-hybridized carbons (Fsp3) is 0.524. The Kier molecular flexibility index (Phi) is 6.46. The zero-order valence-corrected chi connectivity index (χ0v) is 18.8. The van der Waals surface area contributed by atoms with Gasteiger partial charge in [0.05, 0.1) is 5.75 Å². The van der Waals surface area contributed by atoms with Crippen LogP contribution in [0, 0.1) is 0 Å². The van der Waals surface area contributed by atoms with Crippen molar-refractivity contribution in [2.75, 3.05) is 42.5 Å². The lowest BCUT2D eigenvalue weighted by atomic mass is 10.0. The van der Waals surface area contributed by atoms with Crippen LogP contribution in [0.1, 0.15) is 31.7 Å². The van der Waals surface area contributed by atoms with Crippen LogP contribution in [0.15, 0.2) is 36.4 Å². The fourth-order valence-electron chi connectivity index (χ4n) is 4.20. The van der Waals surface area contributed by atoms with Crippen LogP contribution in [0.25, 0.3) is 0 Å². The first-order valence-electron chi connectivity index (χ1n) is 10.5. The molecular weight excluding hydrogens is 422 g/mol. The Bertz CT molecular complexity index is 962. The minimum atomic E-state index is -3.38. The number of hydrogen-bond acceptors (Lipinski definition) is 6. The second-order valence-corrected chi connectivity index (χ2v) is 10.5. The van der Waals surface area contributed by atoms with Gasteiger partial charge in [0.2, 0.25) is 10.0 Å². The fourth-order valence-corrected chi connectivity index (χ4v) is 5.92. The van der Waals surface area contributed by atoms with E-state index in [1.165, 1.54) is 19.3 Å². The van der Waals surface area contributed by atoms with Crippen LogP contribution >= 0.6 is 11.6 Å². The Labute approximate surface area is 183 Å². The Morgan fingerprint density at radius 1 is 1.00 bits per heavy atom. The molecule has 0 radical (unpaired) electrons. The van der Waals surface area contributed by atoms with Gasteiger partial charge in [-0.1, -0.05) is 23.7 Å². The molecule has 0 bridgehead atoms. The predicted octanol–water partition coefficient (Wildman–Crippen LogP) is 3.16. The molecule has 2 aliphatic heterocycles. The molecule has 2 fully saturated rings. The van der Waals surface area contributed by atoms with Crippen molar-refractivity contribution in [1.29, 1.82) is 0 Å². The van der Waals surface area contributed by atoms with Crippen molar-refractivity contribution in [3.05, 3.63) is 47.0 Å². The van der Waals surface area contributed by atoms with E-state index in [4.69, 9.17) is 11.6 Å². The van der Waals surface area contributed by atoms with E-state index in [2.05, 4.69) is 26.9 Å². The number of piperazine rings is 1. The summed E-state index contributed by atoms with van der Waals surface area (Å²) in [6.07, 6.45) is 3.65. The Morgan fingerprint density at radius 3 is 2.40 bits per heavy atom. The molecule has 2 saturated heterocycles. The minimum absolute atomic E-state index is 0.0317. The predicted molar refractivity (Wildman–Crippen MR) is 121 cm³/mol. The van der Waals surface area contributed by atoms with Gasteiger partial charge in [0, 0.05) is 43.8 Å². The largest absolute Gasteiger partial charge is 0.352 e. The van der Waals surface area contributed by atoms with Crippen LogP contribution in [-0.4, -0.2) is 61.7 Å². The summed E-state index contributed by atoms with van der Waals surface area (Å²) >= 11 is 5.98. The number of benzene rings is 1. The highest BCUT2D eigenvalue weighted by Crippen LogP contribution is 2.24. The van der Waals surface area contributed by atoms with E-state index in [9.17, 15) is 8.42 Å². The van der Waals surface area contributed by atoms with Gasteiger partial charge in [-0.25, -0.2) is 8.42 Å². The molecule has 9 heteroatoms. The lowest BCUT2D eigenvalue weighted by molar-refractivity contribution is 0.383. The molecule has 2 aliphatic rings. The Balaban J connectivity index is 1.36. The molecule has 0 spiro atoms. The molecule has 1 atom stereocenters. The maximum atomic E-state index is 12.8. The van der Waals surface area contributed by atoms with Gasteiger partial charge < -0.3 is 9.80 Å². The molecular formula is C21H28ClN5O2S. The molecule has 30 heavy (non-hydrogen) atoms. The summed E-state index contributed by atoms with van der Waals surface area (Å²) in [5, 5.41) is 9.43. The third-order valence-corrected chi connectivity index (χ3v) is 8.01. The van der Waals surface area contributed by atoms with Gasteiger partial charge in [-0.15, -0.1) is 10.2 Å². The Morgan fingerprint density at radius 2 is 1.73 bits per heavy atom. The molecule has 0 N–H and O–H groups in total. The quantitative estimate of drug-likeness (QED) is 0.698. The number of aromatic nitrogens is 2. The summed E-state index contributed by atoms with van der Waals surface area (Å²) in [7, 11) is -3.38. The van der Waals surface area contributed by atoms with E-state index in [1.807, 2.05) is 12.1 Å². The lowest BCUT2D eigenvalue weighted by Crippen LogP contribution is -2.49. The van der Waals surface area contributed by atoms with Crippen molar-refractivity contribution in [1.82, 2.24) is 14.5 Å². The van der Waals surface area contributed by atoms with Gasteiger partial charge >= 0.3 is 0 Å². The third kappa shape index (κ3) is 4.87. The topological polar surface area (TPSA) is 69.6 Å². The molecule has 4 rings (SSSR count). The second kappa shape index (κ2) is 9.08. The Hall–Kier alpha value is -1.90. The molecule has 1 unspecified atom stereocenters. The maximum Gasteiger partial charge on any atom is 0.218 e. The third-order valence-electron chi connectivity index (χ3n) is 5.93. The lowest BCUT2D eigenvalue weighted by Gasteiger charge is -2.35. The highest BCUT2D eigenvalue weighted by atomic mass is 35.5. The summed E-state index contributed by atoms with van der Waals surface area (Å²) in [5.41, 5.74) is 0.707. The van der Waals surface area contributed by atoms with E-state index in [0.717, 1.165) is 18.2 Å². The number of nitrogens with zero attached hydrogens (tertiary/aromatic N) is 5. The van der Waals surface area contributed by atoms with Crippen LogP contribution in [0.5, 0.6) is 0 Å². The first-order valence-corrected chi connectivity index (χ1v) is 12.5. The number of halogens is 1. The standard InChI is InChI=1S/C21H28ClN5O2S/c1-17-5-2-3-10-27(17)21-9-8-20(23-24-21)25-11-13-26(14-12-25)30(28,29)16-18-6-4-7-19(22)15-18/h4,6-9,15,17H,2-3,5,10-14,16H2,1H3. The molecule has 0 amide bonds. The van der Waals surface area contributed by atoms with Gasteiger partial charge in [-0.2, -0.15) is 4.31 Å². The number of rotatable bonds is 5. The minimum Gasteiger partial charge on any atom is -0.352 e. The van der Waals surface area contributed by atoms with E-state index < -0.39 is 10.0 Å². The zero-order chi connectivity index (χ0) is 21.1. The molecule has 2 aromatic rings. The zero-order valence-electron chi connectivity index (χ0n) is 17.2. The van der Waals surface area contributed by atoms with Gasteiger partial charge in [-0.05, 0) is 56.0 Å². The van der Waals surface area contributed by atoms with Crippen LogP contribution in [0.2, 0.25) is 5.02 Å². The molecule has 0 aliphatic carbocycles. The van der Waals surface area contributed by atoms with Crippen molar-refractivity contribution in [3.8, 4) is 0 Å². The van der Waals surface area contributed by atoms with Crippen molar-refractivity contribution < 1.29 is 8.42 Å². The van der Waals surface area contributed by atoms with Crippen molar-refractivity contribution in [2.24, 2.45) is 0 Å². The molecule has 1 aromatic heterocycles. The van der Waals surface area contributed by atoms with Crippen LogP contribution < -0.4 is 9.80 Å². The van der Waals surface area contributed by atoms with Crippen LogP contribution in [0.3, 0.4) is 0 Å². The molecule has 162 valence electrons. The molecule has 3 heterocycles. The average molecular weight is 450 g/mol. The summed E-state index contributed by atoms with van der Waals surface area (Å²) in [6.45, 7) is 5.34. The summed E-state index contributed by atoms with van der Waals surface area (Å²) in [6, 6.07) is 11.5. The van der Waals surface area contributed by atoms with Crippen LogP contribution in [-0.2, 0) is 15.8 Å². The van der Waals surface area contributed by atoms with Gasteiger partial charge in [0.25, 0.3) is 0 Å². The van der Waals surface area contributed by atoms with Gasteiger partial charge in [0.15, 0.2) is 11.6 Å². The number of hydrogen-bond donors (Lipinski definition) is 0. The van der Waals surface area contributed by atoms with Gasteiger partial charge in [-0.3, -0.25) is 0 Å². The van der Waals surface area contributed by atoms with E-state index >= 15 is 0 Å². The normalized spacial score (nSPS) is 21.1. The number of piperidine rings is 1. The SMILES string of the molecule is CC1CCCCN1c1ccc(N2CCN(S(=O)(=O)Cc3cccc(Cl)c3)CC2)nn1. The van der Waals surface area contributed by atoms with Crippen molar-refractivity contribution in [3.63, 3.8) is 0 Å². The van der Waals surface area contributed by atoms with Crippen molar-refractivity contribution >= 4 is 33.3 Å². The van der Waals surface area contributed by atoms with Crippen molar-refractivity contribution in [2.45, 2.75) is 38.0 Å². The maximum absolute atomic E-state index is 12.8. The van der Waals surface area contributed by atoms with Crippen LogP contribution in [0.4, 0.5) is 11.6 Å². The first kappa shape index (κ1) is 21.3. The van der Waals surface area contributed by atoms with E-state index in [1.54, 1.807) is 28.6 Å². The second-order valence-electron chi connectivity index (χ2n) is 8.06. The average Bonchev–Trinajstić information content (AvgIpc) is 2.74. The summed E-state index contributed by atoms with van der Waals surface area (Å²) in [5.74, 6) is 1.69. The highest BCUT2D eigenvalue weighted by Gasteiger charge is 2.28.